The summed E-state index contributed by atoms with van der Waals surface area (Å²) in [5.41, 5.74) is 2.83. The number of rotatable bonds is 6. The lowest BCUT2D eigenvalue weighted by atomic mass is 10.1. The number of nitrogens with zero attached hydrogens (tertiary/aromatic N) is 2. The second-order valence-corrected chi connectivity index (χ2v) is 6.33. The van der Waals surface area contributed by atoms with E-state index in [1.165, 1.54) is 11.6 Å². The van der Waals surface area contributed by atoms with Crippen LogP contribution < -0.4 is 14.8 Å². The molecule has 0 atom stereocenters. The molecule has 0 aliphatic carbocycles. The Morgan fingerprint density at radius 3 is 2.89 bits per heavy atom. The zero-order chi connectivity index (χ0) is 19.3. The van der Waals surface area contributed by atoms with Gasteiger partial charge in [-0.05, 0) is 53.6 Å². The lowest BCUT2D eigenvalue weighted by Gasteiger charge is -2.06. The van der Waals surface area contributed by atoms with E-state index >= 15 is 0 Å². The first-order chi connectivity index (χ1) is 13.7. The molecular formula is C21H19N3O4. The number of aryl methyl sites for hydroxylation is 1. The normalized spacial score (nSPS) is 12.6. The molecule has 7 heteroatoms. The molecule has 0 saturated heterocycles. The molecule has 2 aromatic carbocycles. The van der Waals surface area contributed by atoms with Crippen molar-refractivity contribution in [3.05, 3.63) is 71.4 Å². The number of hydrogen-bond acceptors (Lipinski definition) is 6. The Labute approximate surface area is 162 Å². The van der Waals surface area contributed by atoms with Gasteiger partial charge in [-0.1, -0.05) is 11.2 Å². The van der Waals surface area contributed by atoms with E-state index < -0.39 is 0 Å². The fourth-order valence-electron chi connectivity index (χ4n) is 2.85. The van der Waals surface area contributed by atoms with Crippen LogP contribution in [-0.2, 0) is 17.8 Å². The summed E-state index contributed by atoms with van der Waals surface area (Å²) in [5.74, 6) is 2.36. The molecule has 0 spiro atoms. The van der Waals surface area contributed by atoms with Crippen LogP contribution in [0.25, 0.3) is 6.08 Å². The molecule has 142 valence electrons. The number of carbonyl (C=O) groups excluding carboxylic acids is 1. The van der Waals surface area contributed by atoms with E-state index in [0.29, 0.717) is 23.2 Å². The number of anilines is 1. The van der Waals surface area contributed by atoms with E-state index in [1.54, 1.807) is 37.3 Å². The first kappa shape index (κ1) is 17.8. The fraction of sp³-hybridized carbons (Fsp3) is 0.190. The quantitative estimate of drug-likeness (QED) is 0.661. The molecule has 28 heavy (non-hydrogen) atoms. The highest BCUT2D eigenvalue weighted by molar-refractivity contribution is 6.01. The van der Waals surface area contributed by atoms with Gasteiger partial charge in [-0.15, -0.1) is 0 Å². The van der Waals surface area contributed by atoms with Crippen molar-refractivity contribution in [2.75, 3.05) is 11.9 Å². The number of fused-ring (bicyclic) bond motifs is 1. The van der Waals surface area contributed by atoms with Crippen molar-refractivity contribution in [2.45, 2.75) is 20.0 Å². The number of hydrogen-bond donors (Lipinski definition) is 1. The molecular weight excluding hydrogens is 358 g/mol. The summed E-state index contributed by atoms with van der Waals surface area (Å²) in [6, 6.07) is 13.0. The zero-order valence-corrected chi connectivity index (χ0v) is 15.3. The number of benzene rings is 2. The summed E-state index contributed by atoms with van der Waals surface area (Å²) in [4.78, 5) is 16.2. The molecule has 1 N–H and O–H groups in total. The van der Waals surface area contributed by atoms with Gasteiger partial charge in [0.2, 0.25) is 17.6 Å². The zero-order valence-electron chi connectivity index (χ0n) is 15.3. The van der Waals surface area contributed by atoms with Gasteiger partial charge >= 0.3 is 0 Å². The number of aromatic nitrogens is 2. The predicted molar refractivity (Wildman–Crippen MR) is 103 cm³/mol. The minimum Gasteiger partial charge on any atom is -0.493 e. The van der Waals surface area contributed by atoms with Crippen LogP contribution in [0.1, 0.15) is 22.8 Å². The number of amides is 1. The largest absolute Gasteiger partial charge is 0.493 e. The summed E-state index contributed by atoms with van der Waals surface area (Å²) < 4.78 is 16.0. The van der Waals surface area contributed by atoms with Crippen LogP contribution >= 0.6 is 0 Å². The first-order valence-electron chi connectivity index (χ1n) is 8.92. The maximum Gasteiger partial charge on any atom is 0.248 e. The summed E-state index contributed by atoms with van der Waals surface area (Å²) in [6.07, 6.45) is 4.21. The van der Waals surface area contributed by atoms with Gasteiger partial charge < -0.3 is 19.3 Å². The van der Waals surface area contributed by atoms with Crippen molar-refractivity contribution in [3.8, 4) is 11.5 Å². The molecule has 0 bridgehead atoms. The summed E-state index contributed by atoms with van der Waals surface area (Å²) in [5, 5.41) is 6.59. The van der Waals surface area contributed by atoms with Gasteiger partial charge in [0.25, 0.3) is 0 Å². The first-order valence-corrected chi connectivity index (χ1v) is 8.92. The van der Waals surface area contributed by atoms with Crippen molar-refractivity contribution >= 4 is 17.7 Å². The topological polar surface area (TPSA) is 86.5 Å². The van der Waals surface area contributed by atoms with Crippen molar-refractivity contribution in [3.63, 3.8) is 0 Å². The Morgan fingerprint density at radius 2 is 2.11 bits per heavy atom. The van der Waals surface area contributed by atoms with Crippen LogP contribution in [0.5, 0.6) is 11.5 Å². The fourth-order valence-corrected chi connectivity index (χ4v) is 2.85. The summed E-state index contributed by atoms with van der Waals surface area (Å²) >= 11 is 0. The molecule has 0 fully saturated rings. The average Bonchev–Trinajstić information content (AvgIpc) is 3.34. The standard InChI is InChI=1S/C21H19N3O4/c1-14-22-20(24-28-14)13-27-18-6-4-17(5-7-18)23-21(25)9-3-15-2-8-19-16(12-15)10-11-26-19/h2-9,12H,10-11,13H2,1H3,(H,23,25). The Bertz CT molecular complexity index is 1010. The highest BCUT2D eigenvalue weighted by Crippen LogP contribution is 2.26. The van der Waals surface area contributed by atoms with Crippen LogP contribution in [0.4, 0.5) is 5.69 Å². The van der Waals surface area contributed by atoms with Gasteiger partial charge in [0, 0.05) is 25.1 Å². The average molecular weight is 377 g/mol. The summed E-state index contributed by atoms with van der Waals surface area (Å²) in [7, 11) is 0. The van der Waals surface area contributed by atoms with Gasteiger partial charge in [0.15, 0.2) is 6.61 Å². The van der Waals surface area contributed by atoms with Crippen molar-refractivity contribution < 1.29 is 18.8 Å². The Balaban J connectivity index is 1.30. The molecule has 1 aromatic heterocycles. The van der Waals surface area contributed by atoms with Gasteiger partial charge in [-0.25, -0.2) is 0 Å². The van der Waals surface area contributed by atoms with Crippen molar-refractivity contribution in [1.29, 1.82) is 0 Å². The molecule has 2 heterocycles. The maximum atomic E-state index is 12.1. The van der Waals surface area contributed by atoms with E-state index in [0.717, 1.165) is 24.3 Å². The molecule has 7 nitrogen and oxygen atoms in total. The minimum absolute atomic E-state index is 0.201. The predicted octanol–water partition coefficient (Wildman–Crippen LogP) is 3.54. The Kier molecular flexibility index (Phi) is 5.05. The third-order valence-corrected chi connectivity index (χ3v) is 4.20. The summed E-state index contributed by atoms with van der Waals surface area (Å²) in [6.45, 7) is 2.66. The van der Waals surface area contributed by atoms with Crippen LogP contribution in [0.3, 0.4) is 0 Å². The molecule has 0 radical (unpaired) electrons. The molecule has 0 saturated carbocycles. The van der Waals surface area contributed by atoms with E-state index in [-0.39, 0.29) is 12.5 Å². The molecule has 4 rings (SSSR count). The van der Waals surface area contributed by atoms with E-state index in [2.05, 4.69) is 15.5 Å². The van der Waals surface area contributed by atoms with Crippen molar-refractivity contribution in [2.24, 2.45) is 0 Å². The number of carbonyl (C=O) groups is 1. The van der Waals surface area contributed by atoms with Gasteiger partial charge in [0.1, 0.15) is 11.5 Å². The Hall–Kier alpha value is -3.61. The lowest BCUT2D eigenvalue weighted by molar-refractivity contribution is -0.111. The van der Waals surface area contributed by atoms with Crippen LogP contribution in [0.15, 0.2) is 53.1 Å². The molecule has 0 unspecified atom stereocenters. The van der Waals surface area contributed by atoms with E-state index in [4.69, 9.17) is 14.0 Å². The van der Waals surface area contributed by atoms with Crippen LogP contribution in [0.2, 0.25) is 0 Å². The second-order valence-electron chi connectivity index (χ2n) is 6.33. The van der Waals surface area contributed by atoms with Crippen LogP contribution in [0, 0.1) is 6.92 Å². The minimum atomic E-state index is -0.201. The van der Waals surface area contributed by atoms with Crippen LogP contribution in [-0.4, -0.2) is 22.7 Å². The number of ether oxygens (including phenoxy) is 2. The second kappa shape index (κ2) is 7.96. The molecule has 3 aromatic rings. The van der Waals surface area contributed by atoms with Crippen molar-refractivity contribution in [1.82, 2.24) is 10.1 Å². The monoisotopic (exact) mass is 377 g/mol. The smallest absolute Gasteiger partial charge is 0.248 e. The lowest BCUT2D eigenvalue weighted by Crippen LogP contribution is -2.07. The van der Waals surface area contributed by atoms with Gasteiger partial charge in [-0.3, -0.25) is 4.79 Å². The molecule has 1 aliphatic rings. The third kappa shape index (κ3) is 4.37. The van der Waals surface area contributed by atoms with E-state index in [1.807, 2.05) is 18.2 Å². The molecule has 1 amide bonds. The van der Waals surface area contributed by atoms with E-state index in [9.17, 15) is 4.79 Å². The molecule has 1 aliphatic heterocycles. The highest BCUT2D eigenvalue weighted by Gasteiger charge is 2.11. The SMILES string of the molecule is Cc1nc(COc2ccc(NC(=O)C=Cc3ccc4c(c3)CCO4)cc2)no1. The Morgan fingerprint density at radius 1 is 1.25 bits per heavy atom. The third-order valence-electron chi connectivity index (χ3n) is 4.20. The highest BCUT2D eigenvalue weighted by atomic mass is 16.5. The van der Waals surface area contributed by atoms with Gasteiger partial charge in [-0.2, -0.15) is 4.98 Å². The maximum absolute atomic E-state index is 12.1. The number of nitrogens with one attached hydrogen (secondary N) is 1. The van der Waals surface area contributed by atoms with Gasteiger partial charge in [0.05, 0.1) is 6.61 Å².